The van der Waals surface area contributed by atoms with Crippen molar-refractivity contribution in [1.29, 1.82) is 0 Å². The molecule has 0 unspecified atom stereocenters. The van der Waals surface area contributed by atoms with Gasteiger partial charge >= 0.3 is 6.18 Å². The second-order valence-corrected chi connectivity index (χ2v) is 5.95. The summed E-state index contributed by atoms with van der Waals surface area (Å²) in [6, 6.07) is 8.21. The van der Waals surface area contributed by atoms with Gasteiger partial charge in [-0.25, -0.2) is 4.52 Å². The molecule has 0 bridgehead atoms. The Morgan fingerprint density at radius 2 is 2.00 bits per heavy atom. The summed E-state index contributed by atoms with van der Waals surface area (Å²) < 4.78 is 63.6. The molecule has 6 nitrogen and oxygen atoms in total. The third-order valence-electron chi connectivity index (χ3n) is 4.28. The van der Waals surface area contributed by atoms with Crippen molar-refractivity contribution >= 4 is 22.2 Å². The van der Waals surface area contributed by atoms with E-state index in [1.807, 2.05) is 0 Å². The average molecular weight is 376 g/mol. The van der Waals surface area contributed by atoms with Crippen LogP contribution in [0.5, 0.6) is 0 Å². The van der Waals surface area contributed by atoms with Gasteiger partial charge in [0.1, 0.15) is 11.3 Å². The van der Waals surface area contributed by atoms with Crippen LogP contribution >= 0.6 is 0 Å². The first-order valence-electron chi connectivity index (χ1n) is 9.28. The van der Waals surface area contributed by atoms with Gasteiger partial charge in [0.25, 0.3) is 5.56 Å². The number of pyridine rings is 1. The highest BCUT2D eigenvalue weighted by molar-refractivity contribution is 5.84. The van der Waals surface area contributed by atoms with Crippen LogP contribution in [0.15, 0.2) is 47.4 Å². The summed E-state index contributed by atoms with van der Waals surface area (Å²) >= 11 is 0. The van der Waals surface area contributed by atoms with Gasteiger partial charge in [0.05, 0.1) is 16.6 Å². The summed E-state index contributed by atoms with van der Waals surface area (Å²) in [4.78, 5) is 16.1. The zero-order valence-corrected chi connectivity index (χ0v) is 13.9. The minimum atomic E-state index is -4.60. The monoisotopic (exact) mass is 376 g/mol. The zero-order valence-electron chi connectivity index (χ0n) is 16.9. The van der Waals surface area contributed by atoms with Gasteiger partial charge in [0.2, 0.25) is 0 Å². The quantitative estimate of drug-likeness (QED) is 0.583. The summed E-state index contributed by atoms with van der Waals surface area (Å²) in [7, 11) is 1.50. The number of nitrogens with one attached hydrogen (secondary N) is 1. The van der Waals surface area contributed by atoms with Gasteiger partial charge in [-0.1, -0.05) is 0 Å². The van der Waals surface area contributed by atoms with Gasteiger partial charge in [0, 0.05) is 41.6 Å². The van der Waals surface area contributed by atoms with Gasteiger partial charge in [0.15, 0.2) is 0 Å². The number of halogens is 3. The van der Waals surface area contributed by atoms with E-state index in [1.54, 1.807) is 0 Å². The van der Waals surface area contributed by atoms with Crippen molar-refractivity contribution in [3.63, 3.8) is 0 Å². The molecule has 0 saturated carbocycles. The molecule has 0 fully saturated rings. The number of alkyl halides is 3. The molecule has 0 atom stereocenters. The Morgan fingerprint density at radius 1 is 1.19 bits per heavy atom. The predicted molar refractivity (Wildman–Crippen MR) is 95.7 cm³/mol. The van der Waals surface area contributed by atoms with Crippen molar-refractivity contribution in [2.75, 3.05) is 12.3 Å². The molecule has 0 aliphatic carbocycles. The van der Waals surface area contributed by atoms with Gasteiger partial charge in [-0.05, 0) is 30.3 Å². The highest BCUT2D eigenvalue weighted by Crippen LogP contribution is 2.30. The minimum Gasteiger partial charge on any atom is -0.388 e. The van der Waals surface area contributed by atoms with Crippen LogP contribution in [0.4, 0.5) is 18.9 Å². The number of anilines is 1. The maximum atomic E-state index is 13.0. The van der Waals surface area contributed by atoms with Crippen LogP contribution in [0.25, 0.3) is 27.8 Å². The lowest BCUT2D eigenvalue weighted by Gasteiger charge is -2.07. The fourth-order valence-electron chi connectivity index (χ4n) is 2.93. The topological polar surface area (TPSA) is 64.2 Å². The molecule has 138 valence electrons. The summed E-state index contributed by atoms with van der Waals surface area (Å²) in [5, 5.41) is 6.91. The Morgan fingerprint density at radius 3 is 2.74 bits per heavy atom. The van der Waals surface area contributed by atoms with Gasteiger partial charge in [-0.15, -0.1) is 0 Å². The van der Waals surface area contributed by atoms with Crippen LogP contribution in [0.1, 0.15) is 9.81 Å². The van der Waals surface area contributed by atoms with Crippen molar-refractivity contribution in [1.82, 2.24) is 19.2 Å². The molecule has 0 aliphatic heterocycles. The summed E-state index contributed by atoms with van der Waals surface area (Å²) in [6.45, 7) is -2.43. The van der Waals surface area contributed by atoms with E-state index in [4.69, 9.17) is 4.11 Å². The van der Waals surface area contributed by atoms with Crippen LogP contribution in [-0.4, -0.2) is 26.1 Å². The standard InChI is InChI=1S/C18H14F3N5O/c1-22-11-3-4-14-12(8-11)17(27)25(2)16-9-13(24-26(14)16)10-5-6-23-15(7-10)18(19,20)21/h3-9,22H,1-2H3/i1D3. The smallest absolute Gasteiger partial charge is 0.388 e. The normalized spacial score (nSPS) is 14.1. The Hall–Kier alpha value is -3.36. The third-order valence-corrected chi connectivity index (χ3v) is 4.28. The van der Waals surface area contributed by atoms with Crippen LogP contribution in [-0.2, 0) is 13.2 Å². The predicted octanol–water partition coefficient (Wildman–Crippen LogP) is 3.31. The fraction of sp³-hybridized carbons (Fsp3) is 0.167. The lowest BCUT2D eigenvalue weighted by molar-refractivity contribution is -0.141. The van der Waals surface area contributed by atoms with E-state index < -0.39 is 24.4 Å². The third kappa shape index (κ3) is 2.71. The van der Waals surface area contributed by atoms with E-state index in [0.29, 0.717) is 11.2 Å². The first-order valence-corrected chi connectivity index (χ1v) is 7.78. The van der Waals surface area contributed by atoms with Gasteiger partial charge in [-0.3, -0.25) is 14.3 Å². The maximum Gasteiger partial charge on any atom is 0.433 e. The van der Waals surface area contributed by atoms with Gasteiger partial charge in [-0.2, -0.15) is 18.3 Å². The highest BCUT2D eigenvalue weighted by Gasteiger charge is 2.32. The Kier molecular flexibility index (Phi) is 2.98. The number of rotatable bonds is 2. The molecular formula is C18H14F3N5O. The molecule has 0 saturated heterocycles. The van der Waals surface area contributed by atoms with E-state index in [1.165, 1.54) is 46.5 Å². The zero-order chi connectivity index (χ0) is 21.8. The van der Waals surface area contributed by atoms with E-state index in [-0.39, 0.29) is 22.3 Å². The molecule has 3 aromatic heterocycles. The van der Waals surface area contributed by atoms with Crippen molar-refractivity contribution in [2.24, 2.45) is 7.05 Å². The van der Waals surface area contributed by atoms with Crippen LogP contribution in [0, 0.1) is 0 Å². The molecule has 0 spiro atoms. The molecule has 4 rings (SSSR count). The number of benzene rings is 1. The van der Waals surface area contributed by atoms with Crippen molar-refractivity contribution in [3.8, 4) is 11.3 Å². The van der Waals surface area contributed by atoms with Gasteiger partial charge < -0.3 is 5.32 Å². The van der Waals surface area contributed by atoms with E-state index in [2.05, 4.69) is 15.4 Å². The lowest BCUT2D eigenvalue weighted by Crippen LogP contribution is -2.19. The molecule has 27 heavy (non-hydrogen) atoms. The molecule has 0 radical (unpaired) electrons. The molecule has 9 heteroatoms. The molecule has 1 N–H and O–H groups in total. The molecule has 0 amide bonds. The SMILES string of the molecule is [2H]C([2H])([2H])Nc1ccc2c(c1)c(=O)n(C)c1cc(-c3ccnc(C(F)(F)F)c3)nn21. The first kappa shape index (κ1) is 13.8. The summed E-state index contributed by atoms with van der Waals surface area (Å²) in [5.74, 6) is 0. The molecular weight excluding hydrogens is 359 g/mol. The summed E-state index contributed by atoms with van der Waals surface area (Å²) in [6.07, 6.45) is -3.55. The number of aromatic nitrogens is 4. The van der Waals surface area contributed by atoms with Crippen LogP contribution in [0.2, 0.25) is 0 Å². The summed E-state index contributed by atoms with van der Waals surface area (Å²) in [5.41, 5.74) is -0.0299. The number of aryl methyl sites for hydroxylation is 1. The van der Waals surface area contributed by atoms with E-state index in [9.17, 15) is 18.0 Å². The highest BCUT2D eigenvalue weighted by atomic mass is 19.4. The molecule has 4 aromatic rings. The number of nitrogens with zero attached hydrogens (tertiary/aromatic N) is 4. The van der Waals surface area contributed by atoms with Crippen molar-refractivity contribution in [3.05, 3.63) is 58.6 Å². The number of fused-ring (bicyclic) bond motifs is 3. The number of hydrogen-bond acceptors (Lipinski definition) is 4. The molecule has 3 heterocycles. The Balaban J connectivity index is 1.92. The fourth-order valence-corrected chi connectivity index (χ4v) is 2.93. The van der Waals surface area contributed by atoms with Crippen molar-refractivity contribution < 1.29 is 17.3 Å². The largest absolute Gasteiger partial charge is 0.433 e. The average Bonchev–Trinajstić information content (AvgIpc) is 3.10. The second-order valence-electron chi connectivity index (χ2n) is 5.95. The van der Waals surface area contributed by atoms with Crippen molar-refractivity contribution in [2.45, 2.75) is 6.18 Å². The Bertz CT molecular complexity index is 1340. The van der Waals surface area contributed by atoms with Crippen LogP contribution < -0.4 is 10.9 Å². The minimum absolute atomic E-state index is 0.197. The first-order chi connectivity index (χ1) is 13.9. The molecule has 0 aliphatic rings. The van der Waals surface area contributed by atoms with E-state index in [0.717, 1.165) is 12.3 Å². The van der Waals surface area contributed by atoms with Crippen LogP contribution in [0.3, 0.4) is 0 Å². The maximum absolute atomic E-state index is 13.0. The molecule has 1 aromatic carbocycles. The lowest BCUT2D eigenvalue weighted by atomic mass is 10.1. The van der Waals surface area contributed by atoms with E-state index >= 15 is 0 Å². The second kappa shape index (κ2) is 5.83. The Labute approximate surface area is 155 Å². The number of hydrogen-bond donors (Lipinski definition) is 1.